The summed E-state index contributed by atoms with van der Waals surface area (Å²) in [5.74, 6) is 2.50. The molecule has 170 valence electrons. The van der Waals surface area contributed by atoms with Crippen molar-refractivity contribution < 1.29 is 13.2 Å². The highest BCUT2D eigenvalue weighted by molar-refractivity contribution is 7.89. The summed E-state index contributed by atoms with van der Waals surface area (Å²) in [5, 5.41) is 0. The molecule has 0 saturated heterocycles. The van der Waals surface area contributed by atoms with Crippen molar-refractivity contribution in [1.82, 2.24) is 9.21 Å². The lowest BCUT2D eigenvalue weighted by molar-refractivity contribution is -0.145. The summed E-state index contributed by atoms with van der Waals surface area (Å²) in [4.78, 5) is 15.6. The van der Waals surface area contributed by atoms with Gasteiger partial charge in [-0.1, -0.05) is 26.0 Å². The highest BCUT2D eigenvalue weighted by Gasteiger charge is 2.54. The van der Waals surface area contributed by atoms with E-state index in [0.29, 0.717) is 18.0 Å². The number of hydrogen-bond acceptors (Lipinski definition) is 3. The second-order valence-corrected chi connectivity index (χ2v) is 11.7. The molecule has 1 amide bonds. The van der Waals surface area contributed by atoms with E-state index < -0.39 is 10.0 Å². The number of sulfonamides is 1. The van der Waals surface area contributed by atoms with Crippen LogP contribution in [0.15, 0.2) is 35.2 Å². The van der Waals surface area contributed by atoms with Crippen LogP contribution >= 0.6 is 0 Å². The smallest absolute Gasteiger partial charge is 0.247 e. The van der Waals surface area contributed by atoms with Crippen LogP contribution in [0, 0.1) is 17.8 Å². The lowest BCUT2D eigenvalue weighted by Gasteiger charge is -2.60. The van der Waals surface area contributed by atoms with Crippen LogP contribution in [0.5, 0.6) is 0 Å². The first kappa shape index (κ1) is 22.5. The summed E-state index contributed by atoms with van der Waals surface area (Å²) in [6, 6.07) is 6.82. The average Bonchev–Trinajstić information content (AvgIpc) is 2.72. The summed E-state index contributed by atoms with van der Waals surface area (Å²) < 4.78 is 26.8. The zero-order valence-corrected chi connectivity index (χ0v) is 19.9. The molecule has 0 spiro atoms. The number of nitrogens with zero attached hydrogens (tertiary/aromatic N) is 2. The largest absolute Gasteiger partial charge is 0.334 e. The number of amides is 1. The summed E-state index contributed by atoms with van der Waals surface area (Å²) in [7, 11) is -3.46. The predicted molar refractivity (Wildman–Crippen MR) is 124 cm³/mol. The Morgan fingerprint density at radius 1 is 0.935 bits per heavy atom. The fraction of sp³-hybridized carbons (Fsp3) is 0.640. The van der Waals surface area contributed by atoms with Gasteiger partial charge >= 0.3 is 0 Å². The summed E-state index contributed by atoms with van der Waals surface area (Å²) in [6.45, 7) is 7.42. The van der Waals surface area contributed by atoms with Crippen molar-refractivity contribution in [2.24, 2.45) is 17.8 Å². The van der Waals surface area contributed by atoms with Gasteiger partial charge in [0.25, 0.3) is 0 Å². The van der Waals surface area contributed by atoms with Crippen molar-refractivity contribution in [2.45, 2.75) is 69.7 Å². The zero-order valence-electron chi connectivity index (χ0n) is 19.1. The Hall–Kier alpha value is -1.66. The fourth-order valence-corrected chi connectivity index (χ4v) is 8.30. The lowest BCUT2D eigenvalue weighted by atomic mass is 9.52. The van der Waals surface area contributed by atoms with Crippen LogP contribution in [0.2, 0.25) is 0 Å². The van der Waals surface area contributed by atoms with Gasteiger partial charge in [-0.25, -0.2) is 8.42 Å². The quantitative estimate of drug-likeness (QED) is 0.553. The molecule has 0 heterocycles. The van der Waals surface area contributed by atoms with E-state index in [2.05, 4.69) is 11.8 Å². The van der Waals surface area contributed by atoms with Crippen LogP contribution in [0.4, 0.5) is 0 Å². The van der Waals surface area contributed by atoms with E-state index >= 15 is 0 Å². The highest BCUT2D eigenvalue weighted by atomic mass is 32.2. The standard InChI is InChI=1S/C25H36N2O3S/c1-4-26(5-2)31(29,30)23-10-7-19(8-11-23)9-12-24(28)27(6-3)25-16-20-13-21(17-25)15-22(14-20)18-25/h7-12,20-22H,4-6,13-18H2,1-3H3/b12-9+. The van der Waals surface area contributed by atoms with Crippen LogP contribution in [-0.4, -0.2) is 48.7 Å². The Kier molecular flexibility index (Phi) is 6.32. The number of benzene rings is 1. The Balaban J connectivity index is 1.47. The number of hydrogen-bond donors (Lipinski definition) is 0. The van der Waals surface area contributed by atoms with Crippen molar-refractivity contribution in [3.63, 3.8) is 0 Å². The number of likely N-dealkylation sites (N-methyl/N-ethyl adjacent to an activating group) is 1. The summed E-state index contributed by atoms with van der Waals surface area (Å²) in [5.41, 5.74) is 0.903. The second kappa shape index (κ2) is 8.70. The third-order valence-electron chi connectivity index (χ3n) is 7.80. The minimum Gasteiger partial charge on any atom is -0.334 e. The van der Waals surface area contributed by atoms with E-state index in [1.54, 1.807) is 30.3 Å². The lowest BCUT2D eigenvalue weighted by Crippen LogP contribution is -2.61. The number of carbonyl (C=O) groups excluding carboxylic acids is 1. The van der Waals surface area contributed by atoms with Crippen LogP contribution in [-0.2, 0) is 14.8 Å². The number of carbonyl (C=O) groups is 1. The van der Waals surface area contributed by atoms with E-state index in [9.17, 15) is 13.2 Å². The van der Waals surface area contributed by atoms with Gasteiger partial charge in [0.15, 0.2) is 0 Å². The Labute approximate surface area is 187 Å². The van der Waals surface area contributed by atoms with Crippen molar-refractivity contribution in [2.75, 3.05) is 19.6 Å². The van der Waals surface area contributed by atoms with E-state index in [-0.39, 0.29) is 11.4 Å². The molecule has 5 nitrogen and oxygen atoms in total. The van der Waals surface area contributed by atoms with E-state index in [1.807, 2.05) is 19.9 Å². The molecule has 0 atom stereocenters. The minimum absolute atomic E-state index is 0.0621. The van der Waals surface area contributed by atoms with Gasteiger partial charge in [-0.15, -0.1) is 0 Å². The van der Waals surface area contributed by atoms with Gasteiger partial charge in [-0.05, 0) is 87.0 Å². The van der Waals surface area contributed by atoms with Crippen LogP contribution in [0.25, 0.3) is 6.08 Å². The molecule has 0 aromatic heterocycles. The summed E-state index contributed by atoms with van der Waals surface area (Å²) >= 11 is 0. The van der Waals surface area contributed by atoms with E-state index in [1.165, 1.54) is 42.8 Å². The van der Waals surface area contributed by atoms with E-state index in [4.69, 9.17) is 0 Å². The molecule has 6 heteroatoms. The topological polar surface area (TPSA) is 57.7 Å². The Morgan fingerprint density at radius 2 is 1.45 bits per heavy atom. The molecule has 0 N–H and O–H groups in total. The molecule has 0 radical (unpaired) electrons. The molecular formula is C25H36N2O3S. The van der Waals surface area contributed by atoms with Crippen LogP contribution in [0.3, 0.4) is 0 Å². The Bertz CT molecular complexity index is 897. The third kappa shape index (κ3) is 4.21. The SMILES string of the molecule is CCN(C(=O)/C=C/c1ccc(S(=O)(=O)N(CC)CC)cc1)C12CC3CC(CC(C3)C1)C2. The molecule has 5 rings (SSSR count). The molecule has 4 aliphatic carbocycles. The van der Waals surface area contributed by atoms with Gasteiger partial charge < -0.3 is 4.90 Å². The van der Waals surface area contributed by atoms with Gasteiger partial charge in [0.2, 0.25) is 15.9 Å². The second-order valence-electron chi connectivity index (χ2n) is 9.72. The number of rotatable bonds is 8. The minimum atomic E-state index is -3.46. The summed E-state index contributed by atoms with van der Waals surface area (Å²) in [6.07, 6.45) is 11.1. The monoisotopic (exact) mass is 444 g/mol. The first-order chi connectivity index (χ1) is 14.8. The van der Waals surface area contributed by atoms with Crippen molar-refractivity contribution in [1.29, 1.82) is 0 Å². The van der Waals surface area contributed by atoms with Crippen molar-refractivity contribution in [3.05, 3.63) is 35.9 Å². The average molecular weight is 445 g/mol. The van der Waals surface area contributed by atoms with E-state index in [0.717, 1.165) is 29.9 Å². The third-order valence-corrected chi connectivity index (χ3v) is 9.87. The maximum atomic E-state index is 13.2. The molecule has 4 bridgehead atoms. The molecule has 31 heavy (non-hydrogen) atoms. The van der Waals surface area contributed by atoms with Gasteiger partial charge in [0.1, 0.15) is 0 Å². The molecule has 0 unspecified atom stereocenters. The van der Waals surface area contributed by atoms with Gasteiger partial charge in [-0.3, -0.25) is 4.79 Å². The van der Waals surface area contributed by atoms with Gasteiger partial charge in [0, 0.05) is 31.2 Å². The molecular weight excluding hydrogens is 408 g/mol. The first-order valence-electron chi connectivity index (χ1n) is 11.9. The normalized spacial score (nSPS) is 29.7. The predicted octanol–water partition coefficient (Wildman–Crippen LogP) is 4.55. The van der Waals surface area contributed by atoms with Crippen LogP contribution < -0.4 is 0 Å². The maximum Gasteiger partial charge on any atom is 0.247 e. The maximum absolute atomic E-state index is 13.2. The van der Waals surface area contributed by atoms with Gasteiger partial charge in [0.05, 0.1) is 4.90 Å². The van der Waals surface area contributed by atoms with Crippen molar-refractivity contribution in [3.8, 4) is 0 Å². The van der Waals surface area contributed by atoms with Gasteiger partial charge in [-0.2, -0.15) is 4.31 Å². The zero-order chi connectivity index (χ0) is 22.2. The van der Waals surface area contributed by atoms with Crippen LogP contribution in [0.1, 0.15) is 64.9 Å². The molecule has 0 aliphatic heterocycles. The molecule has 1 aromatic rings. The molecule has 4 aliphatic rings. The molecule has 4 fully saturated rings. The first-order valence-corrected chi connectivity index (χ1v) is 13.3. The molecule has 4 saturated carbocycles. The van der Waals surface area contributed by atoms with Crippen molar-refractivity contribution >= 4 is 22.0 Å². The highest BCUT2D eigenvalue weighted by Crippen LogP contribution is 2.57. The molecule has 1 aromatic carbocycles. The fourth-order valence-electron chi connectivity index (χ4n) is 6.84. The Morgan fingerprint density at radius 3 is 1.90 bits per heavy atom.